The fourth-order valence-corrected chi connectivity index (χ4v) is 2.37. The van der Waals surface area contributed by atoms with Gasteiger partial charge in [-0.2, -0.15) is 0 Å². The van der Waals surface area contributed by atoms with Crippen molar-refractivity contribution in [3.63, 3.8) is 0 Å². The highest BCUT2D eigenvalue weighted by molar-refractivity contribution is 5.81. The van der Waals surface area contributed by atoms with Crippen molar-refractivity contribution < 1.29 is 4.79 Å². The Bertz CT molecular complexity index is 615. The van der Waals surface area contributed by atoms with Crippen LogP contribution in [-0.2, 0) is 11.3 Å². The number of aryl methyl sites for hydroxylation is 1. The monoisotopic (exact) mass is 258 g/mol. The number of primary amides is 1. The molecule has 1 saturated carbocycles. The number of nitrogens with one attached hydrogen (secondary N) is 1. The highest BCUT2D eigenvalue weighted by Gasteiger charge is 2.28. The van der Waals surface area contributed by atoms with Gasteiger partial charge >= 0.3 is 0 Å². The summed E-state index contributed by atoms with van der Waals surface area (Å²) in [5.41, 5.74) is 7.49. The van der Waals surface area contributed by atoms with Crippen LogP contribution in [0, 0.1) is 6.92 Å². The average molecular weight is 258 g/mol. The molecule has 1 heterocycles. The lowest BCUT2D eigenvalue weighted by Crippen LogP contribution is -2.45. The van der Waals surface area contributed by atoms with Crippen molar-refractivity contribution in [2.24, 2.45) is 5.73 Å². The summed E-state index contributed by atoms with van der Waals surface area (Å²) in [6.45, 7) is 2.49. The molecule has 5 nitrogen and oxygen atoms in total. The Hall–Kier alpha value is -1.88. The number of rotatable bonds is 5. The fraction of sp³-hybridized carbons (Fsp3) is 0.429. The van der Waals surface area contributed by atoms with Gasteiger partial charge in [0.25, 0.3) is 0 Å². The Morgan fingerprint density at radius 3 is 2.95 bits per heavy atom. The molecule has 0 saturated heterocycles. The van der Waals surface area contributed by atoms with Crippen LogP contribution in [0.3, 0.4) is 0 Å². The standard InChI is InChI=1S/C14H18N4O/c1-9-16-11-4-2-3-5-13(11)18(9)8-12(14(15)19)17-10-6-7-10/h2-5,10,12,17H,6-8H2,1H3,(H2,15,19). The zero-order valence-corrected chi connectivity index (χ0v) is 11.0. The quantitative estimate of drug-likeness (QED) is 0.838. The van der Waals surface area contributed by atoms with Gasteiger partial charge in [-0.15, -0.1) is 0 Å². The largest absolute Gasteiger partial charge is 0.368 e. The number of carbonyl (C=O) groups excluding carboxylic acids is 1. The third-order valence-electron chi connectivity index (χ3n) is 3.57. The number of aromatic nitrogens is 2. The van der Waals surface area contributed by atoms with Gasteiger partial charge in [-0.3, -0.25) is 4.79 Å². The van der Waals surface area contributed by atoms with E-state index in [0.29, 0.717) is 12.6 Å². The van der Waals surface area contributed by atoms with Crippen LogP contribution in [0.25, 0.3) is 11.0 Å². The number of fused-ring (bicyclic) bond motifs is 1. The number of hydrogen-bond donors (Lipinski definition) is 2. The van der Waals surface area contributed by atoms with Crippen LogP contribution >= 0.6 is 0 Å². The summed E-state index contributed by atoms with van der Waals surface area (Å²) < 4.78 is 2.06. The van der Waals surface area contributed by atoms with Crippen LogP contribution in [0.4, 0.5) is 0 Å². The molecule has 0 bridgehead atoms. The van der Waals surface area contributed by atoms with Gasteiger partial charge in [0.2, 0.25) is 5.91 Å². The lowest BCUT2D eigenvalue weighted by atomic mass is 10.2. The first-order valence-electron chi connectivity index (χ1n) is 6.62. The summed E-state index contributed by atoms with van der Waals surface area (Å²) in [5, 5.41) is 3.30. The second-order valence-electron chi connectivity index (χ2n) is 5.15. The number of para-hydroxylation sites is 2. The molecule has 19 heavy (non-hydrogen) atoms. The van der Waals surface area contributed by atoms with Crippen molar-refractivity contribution in [1.82, 2.24) is 14.9 Å². The molecule has 1 amide bonds. The first kappa shape index (κ1) is 12.2. The second kappa shape index (κ2) is 4.66. The molecule has 3 N–H and O–H groups in total. The fourth-order valence-electron chi connectivity index (χ4n) is 2.37. The molecule has 3 rings (SSSR count). The van der Waals surface area contributed by atoms with Crippen LogP contribution < -0.4 is 11.1 Å². The summed E-state index contributed by atoms with van der Waals surface area (Å²) in [6.07, 6.45) is 2.26. The minimum Gasteiger partial charge on any atom is -0.368 e. The number of hydrogen-bond acceptors (Lipinski definition) is 3. The summed E-state index contributed by atoms with van der Waals surface area (Å²) in [6, 6.07) is 8.06. The summed E-state index contributed by atoms with van der Waals surface area (Å²) in [5.74, 6) is 0.606. The molecule has 1 aromatic carbocycles. The Balaban J connectivity index is 1.89. The Morgan fingerprint density at radius 2 is 2.26 bits per heavy atom. The van der Waals surface area contributed by atoms with Crippen molar-refractivity contribution in [2.75, 3.05) is 0 Å². The zero-order valence-electron chi connectivity index (χ0n) is 11.0. The van der Waals surface area contributed by atoms with Crippen LogP contribution in [-0.4, -0.2) is 27.5 Å². The zero-order chi connectivity index (χ0) is 13.4. The highest BCUT2D eigenvalue weighted by Crippen LogP contribution is 2.21. The lowest BCUT2D eigenvalue weighted by molar-refractivity contribution is -0.120. The van der Waals surface area contributed by atoms with Gasteiger partial charge in [-0.1, -0.05) is 12.1 Å². The number of nitrogens with two attached hydrogens (primary N) is 1. The third kappa shape index (κ3) is 2.46. The molecular weight excluding hydrogens is 240 g/mol. The van der Waals surface area contributed by atoms with E-state index in [1.165, 1.54) is 0 Å². The molecule has 1 aliphatic rings. The highest BCUT2D eigenvalue weighted by atomic mass is 16.1. The minimum absolute atomic E-state index is 0.302. The van der Waals surface area contributed by atoms with Crippen molar-refractivity contribution in [2.45, 2.75) is 38.4 Å². The Morgan fingerprint density at radius 1 is 1.53 bits per heavy atom. The van der Waals surface area contributed by atoms with Gasteiger partial charge in [0.05, 0.1) is 11.0 Å². The SMILES string of the molecule is Cc1nc2ccccc2n1CC(NC1CC1)C(N)=O. The maximum Gasteiger partial charge on any atom is 0.236 e. The van der Waals surface area contributed by atoms with Crippen LogP contribution in [0.5, 0.6) is 0 Å². The van der Waals surface area contributed by atoms with Gasteiger partial charge < -0.3 is 15.6 Å². The second-order valence-corrected chi connectivity index (χ2v) is 5.15. The first-order valence-corrected chi connectivity index (χ1v) is 6.62. The number of nitrogens with zero attached hydrogens (tertiary/aromatic N) is 2. The molecule has 1 aliphatic carbocycles. The van der Waals surface area contributed by atoms with Crippen molar-refractivity contribution in [3.05, 3.63) is 30.1 Å². The lowest BCUT2D eigenvalue weighted by Gasteiger charge is -2.17. The molecular formula is C14H18N4O. The smallest absolute Gasteiger partial charge is 0.236 e. The molecule has 0 spiro atoms. The van der Waals surface area contributed by atoms with E-state index in [-0.39, 0.29) is 11.9 Å². The Labute approximate surface area is 111 Å². The molecule has 1 atom stereocenters. The van der Waals surface area contributed by atoms with E-state index >= 15 is 0 Å². The minimum atomic E-state index is -0.330. The summed E-state index contributed by atoms with van der Waals surface area (Å²) >= 11 is 0. The van der Waals surface area contributed by atoms with Gasteiger partial charge in [0, 0.05) is 12.6 Å². The normalized spacial score (nSPS) is 16.7. The van der Waals surface area contributed by atoms with Gasteiger partial charge in [0.15, 0.2) is 0 Å². The third-order valence-corrected chi connectivity index (χ3v) is 3.57. The maximum atomic E-state index is 11.6. The van der Waals surface area contributed by atoms with E-state index in [1.807, 2.05) is 31.2 Å². The predicted octanol–water partition coefficient (Wildman–Crippen LogP) is 0.951. The van der Waals surface area contributed by atoms with Crippen LogP contribution in [0.2, 0.25) is 0 Å². The molecule has 1 unspecified atom stereocenters. The summed E-state index contributed by atoms with van der Waals surface area (Å²) in [4.78, 5) is 16.1. The Kier molecular flexibility index (Phi) is 2.98. The van der Waals surface area contributed by atoms with E-state index < -0.39 is 0 Å². The topological polar surface area (TPSA) is 72.9 Å². The average Bonchev–Trinajstić information content (AvgIpc) is 3.13. The molecule has 5 heteroatoms. The van der Waals surface area contributed by atoms with Gasteiger partial charge in [0.1, 0.15) is 11.9 Å². The molecule has 0 aliphatic heterocycles. The van der Waals surface area contributed by atoms with E-state index in [2.05, 4.69) is 14.9 Å². The molecule has 2 aromatic rings. The summed E-state index contributed by atoms with van der Waals surface area (Å²) in [7, 11) is 0. The first-order chi connectivity index (χ1) is 9.15. The number of amides is 1. The van der Waals surface area contributed by atoms with Crippen LogP contribution in [0.15, 0.2) is 24.3 Å². The van der Waals surface area contributed by atoms with Crippen molar-refractivity contribution >= 4 is 16.9 Å². The molecule has 100 valence electrons. The van der Waals surface area contributed by atoms with E-state index in [0.717, 1.165) is 29.7 Å². The predicted molar refractivity (Wildman–Crippen MR) is 73.6 cm³/mol. The number of carbonyl (C=O) groups is 1. The number of imidazole rings is 1. The van der Waals surface area contributed by atoms with Crippen molar-refractivity contribution in [1.29, 1.82) is 0 Å². The van der Waals surface area contributed by atoms with E-state index in [9.17, 15) is 4.79 Å². The molecule has 1 aromatic heterocycles. The van der Waals surface area contributed by atoms with Gasteiger partial charge in [-0.05, 0) is 31.9 Å². The molecule has 0 radical (unpaired) electrons. The maximum absolute atomic E-state index is 11.6. The number of benzene rings is 1. The van der Waals surface area contributed by atoms with Crippen LogP contribution in [0.1, 0.15) is 18.7 Å². The van der Waals surface area contributed by atoms with E-state index in [4.69, 9.17) is 5.73 Å². The van der Waals surface area contributed by atoms with Crippen molar-refractivity contribution in [3.8, 4) is 0 Å². The van der Waals surface area contributed by atoms with E-state index in [1.54, 1.807) is 0 Å². The van der Waals surface area contributed by atoms with Gasteiger partial charge in [-0.25, -0.2) is 4.98 Å². The molecule has 1 fully saturated rings.